The van der Waals surface area contributed by atoms with E-state index in [-0.39, 0.29) is 6.61 Å². The maximum absolute atomic E-state index is 12.1. The summed E-state index contributed by atoms with van der Waals surface area (Å²) in [5.74, 6) is 1.40. The van der Waals surface area contributed by atoms with Crippen molar-refractivity contribution >= 4 is 16.7 Å². The lowest BCUT2D eigenvalue weighted by atomic mass is 10.1. The molecule has 138 valence electrons. The molecule has 0 aromatic heterocycles. The minimum absolute atomic E-state index is 0.277. The zero-order valence-corrected chi connectivity index (χ0v) is 15.0. The number of carbonyl (C=O) groups is 1. The molecule has 2 aromatic carbocycles. The Labute approximate surface area is 154 Å². The van der Waals surface area contributed by atoms with E-state index in [9.17, 15) is 9.90 Å². The van der Waals surface area contributed by atoms with E-state index in [0.29, 0.717) is 18.4 Å². The summed E-state index contributed by atoms with van der Waals surface area (Å²) in [5, 5.41) is 12.6. The first kappa shape index (κ1) is 17.3. The van der Waals surface area contributed by atoms with E-state index >= 15 is 0 Å². The number of rotatable bonds is 6. The smallest absolute Gasteiger partial charge is 0.225 e. The molecule has 1 saturated carbocycles. The van der Waals surface area contributed by atoms with E-state index in [1.807, 2.05) is 35.2 Å². The lowest BCUT2D eigenvalue weighted by Gasteiger charge is -2.35. The van der Waals surface area contributed by atoms with Crippen molar-refractivity contribution in [2.75, 3.05) is 39.3 Å². The molecular weight excluding hydrogens is 328 g/mol. The summed E-state index contributed by atoms with van der Waals surface area (Å²) in [6.45, 7) is 4.05. The van der Waals surface area contributed by atoms with Gasteiger partial charge >= 0.3 is 0 Å². The van der Waals surface area contributed by atoms with Crippen molar-refractivity contribution in [1.29, 1.82) is 0 Å². The van der Waals surface area contributed by atoms with Gasteiger partial charge in [0.25, 0.3) is 0 Å². The van der Waals surface area contributed by atoms with Gasteiger partial charge in [0.1, 0.15) is 18.5 Å². The molecular formula is C21H26N2O3. The second kappa shape index (κ2) is 7.64. The molecule has 1 atom stereocenters. The van der Waals surface area contributed by atoms with Crippen LogP contribution in [0.4, 0.5) is 0 Å². The van der Waals surface area contributed by atoms with Crippen molar-refractivity contribution < 1.29 is 14.6 Å². The zero-order valence-electron chi connectivity index (χ0n) is 15.0. The largest absolute Gasteiger partial charge is 0.491 e. The summed E-state index contributed by atoms with van der Waals surface area (Å²) in [4.78, 5) is 16.3. The molecule has 2 aromatic rings. The van der Waals surface area contributed by atoms with Crippen LogP contribution < -0.4 is 4.74 Å². The van der Waals surface area contributed by atoms with E-state index in [2.05, 4.69) is 17.0 Å². The first-order valence-electron chi connectivity index (χ1n) is 9.50. The fourth-order valence-electron chi connectivity index (χ4n) is 3.54. The second-order valence-electron chi connectivity index (χ2n) is 7.37. The van der Waals surface area contributed by atoms with Gasteiger partial charge in [0, 0.05) is 38.6 Å². The molecule has 26 heavy (non-hydrogen) atoms. The van der Waals surface area contributed by atoms with Gasteiger partial charge in [-0.2, -0.15) is 0 Å². The normalized spacial score (nSPS) is 19.5. The van der Waals surface area contributed by atoms with Gasteiger partial charge < -0.3 is 14.7 Å². The van der Waals surface area contributed by atoms with Gasteiger partial charge in [0.2, 0.25) is 5.91 Å². The number of aliphatic hydroxyl groups is 1. The van der Waals surface area contributed by atoms with Crippen molar-refractivity contribution in [3.8, 4) is 5.75 Å². The quantitative estimate of drug-likeness (QED) is 0.864. The molecule has 0 radical (unpaired) electrons. The van der Waals surface area contributed by atoms with Crippen LogP contribution >= 0.6 is 0 Å². The van der Waals surface area contributed by atoms with Gasteiger partial charge in [-0.25, -0.2) is 0 Å². The molecule has 1 saturated heterocycles. The third-order valence-electron chi connectivity index (χ3n) is 5.24. The Hall–Kier alpha value is -2.11. The highest BCUT2D eigenvalue weighted by Crippen LogP contribution is 2.31. The summed E-state index contributed by atoms with van der Waals surface area (Å²) in [7, 11) is 0. The number of hydrogen-bond donors (Lipinski definition) is 1. The maximum atomic E-state index is 12.1. The molecule has 4 rings (SSSR count). The Bertz CT molecular complexity index is 767. The van der Waals surface area contributed by atoms with Gasteiger partial charge in [-0.1, -0.05) is 30.3 Å². The number of piperazine rings is 1. The van der Waals surface area contributed by atoms with Crippen LogP contribution in [0.3, 0.4) is 0 Å². The Morgan fingerprint density at radius 3 is 2.54 bits per heavy atom. The van der Waals surface area contributed by atoms with Gasteiger partial charge in [0.05, 0.1) is 0 Å². The van der Waals surface area contributed by atoms with Gasteiger partial charge in [-0.3, -0.25) is 9.69 Å². The fraction of sp³-hybridized carbons (Fsp3) is 0.476. The lowest BCUT2D eigenvalue weighted by molar-refractivity contribution is -0.134. The lowest BCUT2D eigenvalue weighted by Crippen LogP contribution is -2.51. The molecule has 1 amide bonds. The summed E-state index contributed by atoms with van der Waals surface area (Å²) >= 11 is 0. The van der Waals surface area contributed by atoms with E-state index in [4.69, 9.17) is 4.74 Å². The molecule has 1 heterocycles. The van der Waals surface area contributed by atoms with Gasteiger partial charge in [0.15, 0.2) is 0 Å². The van der Waals surface area contributed by atoms with Crippen molar-refractivity contribution in [2.24, 2.45) is 5.92 Å². The van der Waals surface area contributed by atoms with Crippen molar-refractivity contribution in [3.05, 3.63) is 42.5 Å². The SMILES string of the molecule is O=C(C1CC1)N1CCN(CC(O)COc2ccc3ccccc3c2)CC1. The molecule has 5 nitrogen and oxygen atoms in total. The number of nitrogens with zero attached hydrogens (tertiary/aromatic N) is 2. The van der Waals surface area contributed by atoms with E-state index < -0.39 is 6.10 Å². The number of carbonyl (C=O) groups excluding carboxylic acids is 1. The van der Waals surface area contributed by atoms with Crippen LogP contribution in [0, 0.1) is 5.92 Å². The van der Waals surface area contributed by atoms with Crippen molar-refractivity contribution in [2.45, 2.75) is 18.9 Å². The summed E-state index contributed by atoms with van der Waals surface area (Å²) in [6, 6.07) is 14.1. The number of hydrogen-bond acceptors (Lipinski definition) is 4. The summed E-state index contributed by atoms with van der Waals surface area (Å²) < 4.78 is 5.78. The zero-order chi connectivity index (χ0) is 17.9. The number of fused-ring (bicyclic) bond motifs is 1. The van der Waals surface area contributed by atoms with Crippen LogP contribution in [0.25, 0.3) is 10.8 Å². The first-order valence-corrected chi connectivity index (χ1v) is 9.50. The molecule has 2 fully saturated rings. The number of amides is 1. The maximum Gasteiger partial charge on any atom is 0.225 e. The highest BCUT2D eigenvalue weighted by Gasteiger charge is 2.34. The average Bonchev–Trinajstić information content (AvgIpc) is 3.51. The number of benzene rings is 2. The van der Waals surface area contributed by atoms with Gasteiger partial charge in [-0.05, 0) is 35.7 Å². The molecule has 5 heteroatoms. The Morgan fingerprint density at radius 2 is 1.81 bits per heavy atom. The number of ether oxygens (including phenoxy) is 1. The van der Waals surface area contributed by atoms with E-state index in [0.717, 1.165) is 50.2 Å². The number of β-amino-alcohol motifs (C(OH)–C–C–N with tert-alkyl or cyclic N) is 1. The van der Waals surface area contributed by atoms with E-state index in [1.165, 1.54) is 5.39 Å². The highest BCUT2D eigenvalue weighted by atomic mass is 16.5. The van der Waals surface area contributed by atoms with Crippen LogP contribution in [-0.2, 0) is 4.79 Å². The first-order chi connectivity index (χ1) is 12.7. The third kappa shape index (κ3) is 4.17. The number of aliphatic hydroxyl groups excluding tert-OH is 1. The fourth-order valence-corrected chi connectivity index (χ4v) is 3.54. The summed E-state index contributed by atoms with van der Waals surface area (Å²) in [5.41, 5.74) is 0. The highest BCUT2D eigenvalue weighted by molar-refractivity contribution is 5.83. The van der Waals surface area contributed by atoms with Gasteiger partial charge in [-0.15, -0.1) is 0 Å². The molecule has 0 spiro atoms. The van der Waals surface area contributed by atoms with Crippen LogP contribution in [0.2, 0.25) is 0 Å². The molecule has 1 aliphatic carbocycles. The van der Waals surface area contributed by atoms with E-state index in [1.54, 1.807) is 0 Å². The second-order valence-corrected chi connectivity index (χ2v) is 7.37. The van der Waals surface area contributed by atoms with Crippen LogP contribution in [-0.4, -0.2) is 66.2 Å². The topological polar surface area (TPSA) is 53.0 Å². The Balaban J connectivity index is 1.22. The average molecular weight is 354 g/mol. The van der Waals surface area contributed by atoms with Crippen molar-refractivity contribution in [1.82, 2.24) is 9.80 Å². The van der Waals surface area contributed by atoms with Crippen molar-refractivity contribution in [3.63, 3.8) is 0 Å². The standard InChI is InChI=1S/C21H26N2O3/c24-19(14-22-9-11-23(12-10-22)21(25)17-5-6-17)15-26-20-8-7-16-3-1-2-4-18(16)13-20/h1-4,7-8,13,17,19,24H,5-6,9-12,14-15H2. The summed E-state index contributed by atoms with van der Waals surface area (Å²) in [6.07, 6.45) is 1.58. The molecule has 1 unspecified atom stereocenters. The van der Waals surface area contributed by atoms with Crippen LogP contribution in [0.1, 0.15) is 12.8 Å². The van der Waals surface area contributed by atoms with Crippen LogP contribution in [0.15, 0.2) is 42.5 Å². The van der Waals surface area contributed by atoms with Crippen LogP contribution in [0.5, 0.6) is 5.75 Å². The Kier molecular flexibility index (Phi) is 5.09. The predicted molar refractivity (Wildman–Crippen MR) is 101 cm³/mol. The monoisotopic (exact) mass is 354 g/mol. The Morgan fingerprint density at radius 1 is 1.08 bits per heavy atom. The molecule has 2 aliphatic rings. The third-order valence-corrected chi connectivity index (χ3v) is 5.24. The molecule has 1 aliphatic heterocycles. The minimum atomic E-state index is -0.535. The molecule has 1 N–H and O–H groups in total. The predicted octanol–water partition coefficient (Wildman–Crippen LogP) is 2.13. The molecule has 0 bridgehead atoms. The minimum Gasteiger partial charge on any atom is -0.491 e.